The van der Waals surface area contributed by atoms with Crippen molar-refractivity contribution in [2.75, 3.05) is 5.32 Å². The molecule has 1 aliphatic rings. The van der Waals surface area contributed by atoms with Gasteiger partial charge < -0.3 is 5.32 Å². The Balaban J connectivity index is 1.48. The third-order valence-corrected chi connectivity index (χ3v) is 4.77. The number of fused-ring (bicyclic) bond motifs is 1. The molecule has 8 heteroatoms. The number of halogens is 2. The highest BCUT2D eigenvalue weighted by Crippen LogP contribution is 2.31. The number of carbonyl (C=O) groups is 1. The molecule has 0 saturated carbocycles. The molecular weight excluding hydrogens is 401 g/mol. The lowest BCUT2D eigenvalue weighted by Gasteiger charge is -2.15. The second kappa shape index (κ2) is 6.87. The molecule has 1 atom stereocenters. The molecule has 2 aromatic heterocycles. The summed E-state index contributed by atoms with van der Waals surface area (Å²) >= 11 is 3.34. The molecule has 2 amide bonds. The van der Waals surface area contributed by atoms with Crippen molar-refractivity contribution >= 4 is 27.8 Å². The van der Waals surface area contributed by atoms with Gasteiger partial charge >= 0.3 is 6.03 Å². The highest BCUT2D eigenvalue weighted by molar-refractivity contribution is 9.10. The minimum atomic E-state index is -0.369. The third-order valence-electron chi connectivity index (χ3n) is 4.30. The summed E-state index contributed by atoms with van der Waals surface area (Å²) in [5, 5.41) is 9.88. The normalized spacial score (nSPS) is 15.5. The van der Waals surface area contributed by atoms with Crippen molar-refractivity contribution in [3.63, 3.8) is 0 Å². The van der Waals surface area contributed by atoms with Gasteiger partial charge in [-0.05, 0) is 64.2 Å². The van der Waals surface area contributed by atoms with E-state index >= 15 is 0 Å². The molecule has 1 aliphatic carbocycles. The number of aromatic nitrogens is 3. The molecule has 2 heterocycles. The summed E-state index contributed by atoms with van der Waals surface area (Å²) in [6, 6.07) is 9.46. The molecule has 6 nitrogen and oxygen atoms in total. The first kappa shape index (κ1) is 16.7. The summed E-state index contributed by atoms with van der Waals surface area (Å²) in [6.45, 7) is 0. The molecule has 4 rings (SSSR count). The average molecular weight is 416 g/mol. The topological polar surface area (TPSA) is 71.8 Å². The number of amides is 2. The highest BCUT2D eigenvalue weighted by atomic mass is 79.9. The van der Waals surface area contributed by atoms with E-state index in [4.69, 9.17) is 0 Å². The predicted molar refractivity (Wildman–Crippen MR) is 98.7 cm³/mol. The van der Waals surface area contributed by atoms with E-state index in [-0.39, 0.29) is 17.9 Å². The van der Waals surface area contributed by atoms with E-state index in [1.54, 1.807) is 30.6 Å². The summed E-state index contributed by atoms with van der Waals surface area (Å²) < 4.78 is 15.9. The molecule has 3 aromatic rings. The Bertz CT molecular complexity index is 956. The fraction of sp³-hybridized carbons (Fsp3) is 0.167. The molecule has 0 spiro atoms. The van der Waals surface area contributed by atoms with Crippen LogP contribution in [0.1, 0.15) is 23.6 Å². The number of hydrogen-bond donors (Lipinski definition) is 2. The number of benzene rings is 1. The van der Waals surface area contributed by atoms with Crippen molar-refractivity contribution in [3.05, 3.63) is 70.2 Å². The van der Waals surface area contributed by atoms with E-state index in [0.29, 0.717) is 11.6 Å². The van der Waals surface area contributed by atoms with Crippen LogP contribution in [0.2, 0.25) is 0 Å². The fourth-order valence-corrected chi connectivity index (χ4v) is 3.34. The minimum Gasteiger partial charge on any atom is -0.331 e. The van der Waals surface area contributed by atoms with E-state index in [9.17, 15) is 9.18 Å². The molecule has 0 bridgehead atoms. The summed E-state index contributed by atoms with van der Waals surface area (Å²) in [5.74, 6) is 0.786. The van der Waals surface area contributed by atoms with E-state index in [0.717, 1.165) is 28.4 Å². The molecule has 0 fully saturated rings. The van der Waals surface area contributed by atoms with Crippen molar-refractivity contribution in [1.82, 2.24) is 20.1 Å². The molecule has 2 N–H and O–H groups in total. The Morgan fingerprint density at radius 3 is 2.96 bits per heavy atom. The van der Waals surface area contributed by atoms with Gasteiger partial charge in [0.15, 0.2) is 5.82 Å². The van der Waals surface area contributed by atoms with Crippen LogP contribution in [-0.4, -0.2) is 20.8 Å². The number of nitrogens with zero attached hydrogens (tertiary/aromatic N) is 3. The van der Waals surface area contributed by atoms with Crippen molar-refractivity contribution in [1.29, 1.82) is 0 Å². The number of carbonyl (C=O) groups excluding carboxylic acids is 1. The summed E-state index contributed by atoms with van der Waals surface area (Å²) in [5.41, 5.74) is 1.91. The lowest BCUT2D eigenvalue weighted by molar-refractivity contribution is 0.248. The number of anilines is 1. The molecule has 132 valence electrons. The van der Waals surface area contributed by atoms with Crippen LogP contribution >= 0.6 is 15.9 Å². The van der Waals surface area contributed by atoms with Crippen LogP contribution in [0.25, 0.3) is 5.82 Å². The Kier molecular flexibility index (Phi) is 4.42. The Morgan fingerprint density at radius 1 is 1.27 bits per heavy atom. The number of nitrogens with one attached hydrogen (secondary N) is 2. The number of rotatable bonds is 3. The van der Waals surface area contributed by atoms with Gasteiger partial charge in [-0.1, -0.05) is 6.07 Å². The van der Waals surface area contributed by atoms with Crippen LogP contribution in [0, 0.1) is 5.82 Å². The Labute approximate surface area is 157 Å². The predicted octanol–water partition coefficient (Wildman–Crippen LogP) is 3.98. The van der Waals surface area contributed by atoms with E-state index < -0.39 is 0 Å². The van der Waals surface area contributed by atoms with E-state index in [2.05, 4.69) is 36.6 Å². The van der Waals surface area contributed by atoms with Gasteiger partial charge in [-0.15, -0.1) is 0 Å². The number of urea groups is 1. The van der Waals surface area contributed by atoms with E-state index in [1.807, 2.05) is 6.07 Å². The van der Waals surface area contributed by atoms with Gasteiger partial charge in [0.05, 0.1) is 12.2 Å². The third kappa shape index (κ3) is 3.32. The van der Waals surface area contributed by atoms with Crippen LogP contribution < -0.4 is 10.6 Å². The maximum Gasteiger partial charge on any atom is 0.320 e. The van der Waals surface area contributed by atoms with Crippen LogP contribution in [0.4, 0.5) is 15.0 Å². The maximum absolute atomic E-state index is 13.5. The molecule has 0 saturated heterocycles. The molecule has 0 aliphatic heterocycles. The zero-order valence-corrected chi connectivity index (χ0v) is 15.2. The zero-order valence-electron chi connectivity index (χ0n) is 13.6. The molecule has 1 aromatic carbocycles. The summed E-state index contributed by atoms with van der Waals surface area (Å²) in [7, 11) is 0. The van der Waals surface area contributed by atoms with Gasteiger partial charge in [-0.3, -0.25) is 5.32 Å². The van der Waals surface area contributed by atoms with Crippen molar-refractivity contribution in [2.24, 2.45) is 0 Å². The van der Waals surface area contributed by atoms with Gasteiger partial charge in [0, 0.05) is 16.7 Å². The Morgan fingerprint density at radius 2 is 2.15 bits per heavy atom. The first-order chi connectivity index (χ1) is 12.6. The first-order valence-corrected chi connectivity index (χ1v) is 8.91. The number of pyridine rings is 1. The number of hydrogen-bond acceptors (Lipinski definition) is 3. The number of aryl methyl sites for hydroxylation is 1. The van der Waals surface area contributed by atoms with Crippen molar-refractivity contribution in [3.8, 4) is 5.82 Å². The second-order valence-electron chi connectivity index (χ2n) is 6.00. The molecule has 26 heavy (non-hydrogen) atoms. The second-order valence-corrected chi connectivity index (χ2v) is 6.91. The van der Waals surface area contributed by atoms with Gasteiger partial charge in [-0.25, -0.2) is 14.2 Å². The zero-order chi connectivity index (χ0) is 18.1. The van der Waals surface area contributed by atoms with E-state index in [1.165, 1.54) is 16.8 Å². The minimum absolute atomic E-state index is 0.206. The largest absolute Gasteiger partial charge is 0.331 e. The van der Waals surface area contributed by atoms with Gasteiger partial charge in [0.1, 0.15) is 11.6 Å². The standard InChI is InChI=1S/C18H15BrFN5O/c19-12-3-6-16(21-10-12)25-17(7-8-22-25)24-18(26)23-15-5-2-11-1-4-13(20)9-14(11)15/h1,3-4,6-10,15H,2,5H2,(H2,23,24,26). The van der Waals surface area contributed by atoms with Crippen LogP contribution in [-0.2, 0) is 6.42 Å². The maximum atomic E-state index is 13.5. The van der Waals surface area contributed by atoms with Gasteiger partial charge in [-0.2, -0.15) is 9.78 Å². The Hall–Kier alpha value is -2.74. The van der Waals surface area contributed by atoms with Crippen molar-refractivity contribution < 1.29 is 9.18 Å². The fourth-order valence-electron chi connectivity index (χ4n) is 3.11. The van der Waals surface area contributed by atoms with Crippen LogP contribution in [0.5, 0.6) is 0 Å². The SMILES string of the molecule is O=C(Nc1ccnn1-c1ccc(Br)cn1)NC1CCc2ccc(F)cc21. The van der Waals surface area contributed by atoms with Crippen molar-refractivity contribution in [2.45, 2.75) is 18.9 Å². The lowest BCUT2D eigenvalue weighted by Crippen LogP contribution is -2.32. The van der Waals surface area contributed by atoms with Gasteiger partial charge in [0.2, 0.25) is 0 Å². The lowest BCUT2D eigenvalue weighted by atomic mass is 10.1. The summed E-state index contributed by atoms with van der Waals surface area (Å²) in [6.07, 6.45) is 4.81. The average Bonchev–Trinajstić information content (AvgIpc) is 3.23. The highest BCUT2D eigenvalue weighted by Gasteiger charge is 2.24. The van der Waals surface area contributed by atoms with Crippen LogP contribution in [0.3, 0.4) is 0 Å². The first-order valence-electron chi connectivity index (χ1n) is 8.12. The van der Waals surface area contributed by atoms with Crippen LogP contribution in [0.15, 0.2) is 53.3 Å². The van der Waals surface area contributed by atoms with Gasteiger partial charge in [0.25, 0.3) is 0 Å². The smallest absolute Gasteiger partial charge is 0.320 e. The summed E-state index contributed by atoms with van der Waals surface area (Å²) in [4.78, 5) is 16.7. The molecular formula is C18H15BrFN5O. The quantitative estimate of drug-likeness (QED) is 0.679. The molecule has 0 radical (unpaired) electrons. The monoisotopic (exact) mass is 415 g/mol. The molecule has 1 unspecified atom stereocenters.